The number of halogens is 1. The van der Waals surface area contributed by atoms with Crippen LogP contribution in [0, 0.1) is 0 Å². The van der Waals surface area contributed by atoms with Crippen LogP contribution < -0.4 is 5.32 Å². The largest absolute Gasteiger partial charge is 0.372 e. The van der Waals surface area contributed by atoms with E-state index in [1.807, 2.05) is 13.8 Å². The van der Waals surface area contributed by atoms with Crippen LogP contribution in [0.4, 0.5) is 4.79 Å². The van der Waals surface area contributed by atoms with Gasteiger partial charge in [-0.3, -0.25) is 14.5 Å². The minimum absolute atomic E-state index is 0.0841. The molecule has 0 bridgehead atoms. The summed E-state index contributed by atoms with van der Waals surface area (Å²) in [5.74, 6) is -0.766. The Balaban J connectivity index is 1.77. The smallest absolute Gasteiger partial charge is 0.325 e. The maximum absolute atomic E-state index is 12.9. The maximum Gasteiger partial charge on any atom is 0.325 e. The van der Waals surface area contributed by atoms with Gasteiger partial charge in [-0.25, -0.2) is 4.79 Å². The lowest BCUT2D eigenvalue weighted by atomic mass is 9.92. The Morgan fingerprint density at radius 1 is 1.27 bits per heavy atom. The Bertz CT molecular complexity index is 746. The molecular formula is C18H22ClN3O4. The summed E-state index contributed by atoms with van der Waals surface area (Å²) < 4.78 is 5.61. The molecule has 3 atom stereocenters. The molecule has 2 saturated heterocycles. The average molecular weight is 380 g/mol. The maximum atomic E-state index is 12.9. The molecule has 3 rings (SSSR count). The molecule has 2 heterocycles. The van der Waals surface area contributed by atoms with Gasteiger partial charge in [0, 0.05) is 23.7 Å². The summed E-state index contributed by atoms with van der Waals surface area (Å²) in [5, 5.41) is 3.05. The molecule has 140 valence electrons. The fourth-order valence-corrected chi connectivity index (χ4v) is 3.83. The van der Waals surface area contributed by atoms with E-state index in [2.05, 4.69) is 5.32 Å². The lowest BCUT2D eigenvalue weighted by molar-refractivity contribution is -0.146. The quantitative estimate of drug-likeness (QED) is 0.811. The molecule has 0 unspecified atom stereocenters. The Labute approximate surface area is 157 Å². The molecule has 1 aromatic carbocycles. The third-order valence-electron chi connectivity index (χ3n) is 4.75. The van der Waals surface area contributed by atoms with E-state index >= 15 is 0 Å². The molecule has 0 radical (unpaired) electrons. The van der Waals surface area contributed by atoms with Crippen LogP contribution in [0.15, 0.2) is 24.3 Å². The van der Waals surface area contributed by atoms with Gasteiger partial charge in [0.15, 0.2) is 0 Å². The van der Waals surface area contributed by atoms with Crippen LogP contribution in [0.25, 0.3) is 0 Å². The monoisotopic (exact) mass is 379 g/mol. The zero-order valence-corrected chi connectivity index (χ0v) is 15.7. The summed E-state index contributed by atoms with van der Waals surface area (Å²) >= 11 is 6.20. The minimum atomic E-state index is -1.29. The first kappa shape index (κ1) is 18.7. The van der Waals surface area contributed by atoms with E-state index in [-0.39, 0.29) is 24.7 Å². The van der Waals surface area contributed by atoms with Crippen LogP contribution in [-0.4, -0.2) is 59.5 Å². The van der Waals surface area contributed by atoms with Crippen molar-refractivity contribution in [2.75, 3.05) is 19.6 Å². The van der Waals surface area contributed by atoms with Crippen molar-refractivity contribution in [3.8, 4) is 0 Å². The third-order valence-corrected chi connectivity index (χ3v) is 5.08. The molecule has 2 fully saturated rings. The minimum Gasteiger partial charge on any atom is -0.372 e. The molecule has 0 aromatic heterocycles. The number of hydrogen-bond acceptors (Lipinski definition) is 4. The first-order valence-corrected chi connectivity index (χ1v) is 8.92. The number of nitrogens with one attached hydrogen (secondary N) is 1. The molecule has 26 heavy (non-hydrogen) atoms. The van der Waals surface area contributed by atoms with Gasteiger partial charge in [0.1, 0.15) is 12.1 Å². The van der Waals surface area contributed by atoms with E-state index in [4.69, 9.17) is 16.3 Å². The summed E-state index contributed by atoms with van der Waals surface area (Å²) in [4.78, 5) is 40.5. The van der Waals surface area contributed by atoms with Crippen molar-refractivity contribution >= 4 is 29.4 Å². The van der Waals surface area contributed by atoms with Gasteiger partial charge in [0.25, 0.3) is 5.91 Å². The average Bonchev–Trinajstić information content (AvgIpc) is 2.78. The van der Waals surface area contributed by atoms with Crippen LogP contribution in [0.2, 0.25) is 5.02 Å². The van der Waals surface area contributed by atoms with Gasteiger partial charge >= 0.3 is 6.03 Å². The molecule has 0 spiro atoms. The topological polar surface area (TPSA) is 79.0 Å². The molecular weight excluding hydrogens is 358 g/mol. The van der Waals surface area contributed by atoms with Crippen molar-refractivity contribution in [2.24, 2.45) is 0 Å². The van der Waals surface area contributed by atoms with Crippen molar-refractivity contribution < 1.29 is 19.1 Å². The third kappa shape index (κ3) is 3.29. The van der Waals surface area contributed by atoms with Crippen molar-refractivity contribution in [1.82, 2.24) is 15.1 Å². The fourth-order valence-electron chi connectivity index (χ4n) is 3.51. The summed E-state index contributed by atoms with van der Waals surface area (Å²) in [5.41, 5.74) is -0.787. The van der Waals surface area contributed by atoms with E-state index in [0.29, 0.717) is 23.7 Å². The molecule has 0 saturated carbocycles. The lowest BCUT2D eigenvalue weighted by Gasteiger charge is -2.35. The number of morpholine rings is 1. The Hall–Kier alpha value is -2.12. The number of carbonyl (C=O) groups excluding carboxylic acids is 3. The SMILES string of the molecule is C[C@H]1CN(C(=O)CN2C(=O)N[C@](C)(c3ccccc3Cl)C2=O)C[C@H](C)O1. The van der Waals surface area contributed by atoms with E-state index < -0.39 is 17.5 Å². The van der Waals surface area contributed by atoms with E-state index in [1.165, 1.54) is 0 Å². The van der Waals surface area contributed by atoms with Crippen LogP contribution in [0.3, 0.4) is 0 Å². The highest BCUT2D eigenvalue weighted by Gasteiger charge is 2.50. The zero-order valence-electron chi connectivity index (χ0n) is 15.0. The number of hydrogen-bond donors (Lipinski definition) is 1. The Morgan fingerprint density at radius 3 is 2.50 bits per heavy atom. The van der Waals surface area contributed by atoms with Gasteiger partial charge in [-0.15, -0.1) is 0 Å². The van der Waals surface area contributed by atoms with E-state index in [9.17, 15) is 14.4 Å². The second-order valence-corrected chi connectivity index (χ2v) is 7.39. The summed E-state index contributed by atoms with van der Waals surface area (Å²) in [6.45, 7) is 5.95. The molecule has 8 heteroatoms. The predicted molar refractivity (Wildman–Crippen MR) is 95.6 cm³/mol. The first-order chi connectivity index (χ1) is 12.2. The van der Waals surface area contributed by atoms with Crippen LogP contribution in [0.5, 0.6) is 0 Å². The van der Waals surface area contributed by atoms with Gasteiger partial charge in [0.2, 0.25) is 5.91 Å². The van der Waals surface area contributed by atoms with Gasteiger partial charge in [0.05, 0.1) is 12.2 Å². The summed E-state index contributed by atoms with van der Waals surface area (Å²) in [6.07, 6.45) is -0.168. The highest BCUT2D eigenvalue weighted by Crippen LogP contribution is 2.33. The van der Waals surface area contributed by atoms with Gasteiger partial charge in [-0.05, 0) is 26.8 Å². The van der Waals surface area contributed by atoms with Crippen molar-refractivity contribution in [3.63, 3.8) is 0 Å². The van der Waals surface area contributed by atoms with Crippen LogP contribution in [0.1, 0.15) is 26.3 Å². The number of amides is 4. The second-order valence-electron chi connectivity index (χ2n) is 6.98. The summed E-state index contributed by atoms with van der Waals surface area (Å²) in [7, 11) is 0. The standard InChI is InChI=1S/C18H22ClN3O4/c1-11-8-21(9-12(2)26-11)15(23)10-22-16(24)18(3,20-17(22)25)13-6-4-5-7-14(13)19/h4-7,11-12H,8-10H2,1-3H3,(H,20,25)/t11-,12-,18+/m0/s1. The number of imide groups is 1. The normalized spacial score (nSPS) is 29.1. The molecule has 1 N–H and O–H groups in total. The van der Waals surface area contributed by atoms with Crippen LogP contribution >= 0.6 is 11.6 Å². The molecule has 2 aliphatic rings. The molecule has 0 aliphatic carbocycles. The number of urea groups is 1. The number of rotatable bonds is 3. The molecule has 7 nitrogen and oxygen atoms in total. The first-order valence-electron chi connectivity index (χ1n) is 8.54. The van der Waals surface area contributed by atoms with Crippen molar-refractivity contribution in [1.29, 1.82) is 0 Å². The Morgan fingerprint density at radius 2 is 1.88 bits per heavy atom. The predicted octanol–water partition coefficient (Wildman–Crippen LogP) is 1.74. The fraction of sp³-hybridized carbons (Fsp3) is 0.500. The van der Waals surface area contributed by atoms with Gasteiger partial charge in [-0.1, -0.05) is 29.8 Å². The van der Waals surface area contributed by atoms with Crippen molar-refractivity contribution in [2.45, 2.75) is 38.5 Å². The Kier molecular flexibility index (Phi) is 4.94. The number of benzene rings is 1. The summed E-state index contributed by atoms with van der Waals surface area (Å²) in [6, 6.07) is 6.25. The number of ether oxygens (including phenoxy) is 1. The van der Waals surface area contributed by atoms with Gasteiger partial charge in [-0.2, -0.15) is 0 Å². The second kappa shape index (κ2) is 6.89. The zero-order chi connectivity index (χ0) is 19.1. The van der Waals surface area contributed by atoms with E-state index in [1.54, 1.807) is 36.1 Å². The van der Waals surface area contributed by atoms with Crippen LogP contribution in [-0.2, 0) is 19.9 Å². The lowest BCUT2D eigenvalue weighted by Crippen LogP contribution is -2.52. The number of nitrogens with zero attached hydrogens (tertiary/aromatic N) is 2. The molecule has 4 amide bonds. The van der Waals surface area contributed by atoms with E-state index in [0.717, 1.165) is 4.90 Å². The highest BCUT2D eigenvalue weighted by molar-refractivity contribution is 6.32. The highest BCUT2D eigenvalue weighted by atomic mass is 35.5. The van der Waals surface area contributed by atoms with Crippen molar-refractivity contribution in [3.05, 3.63) is 34.9 Å². The number of carbonyl (C=O) groups is 3. The molecule has 1 aromatic rings. The molecule has 2 aliphatic heterocycles. The van der Waals surface area contributed by atoms with Gasteiger partial charge < -0.3 is 15.0 Å².